The zero-order chi connectivity index (χ0) is 13.9. The summed E-state index contributed by atoms with van der Waals surface area (Å²) < 4.78 is 37.3. The van der Waals surface area contributed by atoms with Gasteiger partial charge in [0.05, 0.1) is 11.4 Å². The number of aliphatic hydroxyl groups excluding tert-OH is 1. The number of Topliss-reactive ketones (excluding diaryl/α,β-unsaturated/α-hetero) is 1. The number of halogens is 4. The number of aliphatic hydroxyl groups is 1. The zero-order valence-corrected chi connectivity index (χ0v) is 11.7. The SMILES string of the molecule is CC(=O)C(Br)c1c(CO)cccc1SC(F)(F)F. The van der Waals surface area contributed by atoms with Crippen molar-refractivity contribution >= 4 is 33.5 Å². The molecule has 1 N–H and O–H groups in total. The van der Waals surface area contributed by atoms with Crippen molar-refractivity contribution in [3.8, 4) is 0 Å². The van der Waals surface area contributed by atoms with E-state index in [0.717, 1.165) is 0 Å². The molecule has 2 nitrogen and oxygen atoms in total. The predicted octanol–water partition coefficient (Wildman–Crippen LogP) is 3.82. The average molecular weight is 343 g/mol. The molecular weight excluding hydrogens is 333 g/mol. The van der Waals surface area contributed by atoms with Crippen molar-refractivity contribution in [1.29, 1.82) is 0 Å². The maximum atomic E-state index is 12.4. The first kappa shape index (κ1) is 15.5. The van der Waals surface area contributed by atoms with Crippen LogP contribution >= 0.6 is 27.7 Å². The van der Waals surface area contributed by atoms with Gasteiger partial charge in [-0.05, 0) is 35.9 Å². The molecule has 0 fully saturated rings. The van der Waals surface area contributed by atoms with E-state index in [1.54, 1.807) is 0 Å². The number of rotatable bonds is 4. The van der Waals surface area contributed by atoms with Gasteiger partial charge < -0.3 is 5.11 Å². The Bertz CT molecular complexity index is 448. The minimum absolute atomic E-state index is 0.0777. The second-order valence-electron chi connectivity index (χ2n) is 3.51. The minimum atomic E-state index is -4.44. The topological polar surface area (TPSA) is 37.3 Å². The maximum absolute atomic E-state index is 12.4. The molecule has 0 bridgehead atoms. The van der Waals surface area contributed by atoms with Gasteiger partial charge in [0.2, 0.25) is 0 Å². The van der Waals surface area contributed by atoms with Crippen LogP contribution in [0.4, 0.5) is 13.2 Å². The lowest BCUT2D eigenvalue weighted by Gasteiger charge is -2.17. The van der Waals surface area contributed by atoms with E-state index in [4.69, 9.17) is 5.11 Å². The monoisotopic (exact) mass is 342 g/mol. The Morgan fingerprint density at radius 2 is 2.11 bits per heavy atom. The van der Waals surface area contributed by atoms with Crippen LogP contribution in [0.25, 0.3) is 0 Å². The summed E-state index contributed by atoms with van der Waals surface area (Å²) in [7, 11) is 0. The maximum Gasteiger partial charge on any atom is 0.446 e. The van der Waals surface area contributed by atoms with Crippen LogP contribution in [0.2, 0.25) is 0 Å². The van der Waals surface area contributed by atoms with Crippen LogP contribution in [0.5, 0.6) is 0 Å². The van der Waals surface area contributed by atoms with Crippen LogP contribution in [0, 0.1) is 0 Å². The van der Waals surface area contributed by atoms with Gasteiger partial charge in [0.15, 0.2) is 0 Å². The highest BCUT2D eigenvalue weighted by molar-refractivity contribution is 9.09. The standard InChI is InChI=1S/C11H10BrF3O2S/c1-6(17)10(12)9-7(5-16)3-2-4-8(9)18-11(13,14)15/h2-4,10,16H,5H2,1H3. The average Bonchev–Trinajstić information content (AvgIpc) is 2.25. The van der Waals surface area contributed by atoms with Crippen LogP contribution in [0.1, 0.15) is 22.9 Å². The van der Waals surface area contributed by atoms with Crippen molar-refractivity contribution in [3.63, 3.8) is 0 Å². The number of carbonyl (C=O) groups excluding carboxylic acids is 1. The third kappa shape index (κ3) is 4.00. The lowest BCUT2D eigenvalue weighted by Crippen LogP contribution is -2.09. The molecule has 0 saturated heterocycles. The number of alkyl halides is 4. The molecule has 18 heavy (non-hydrogen) atoms. The van der Waals surface area contributed by atoms with Crippen LogP contribution in [0.15, 0.2) is 23.1 Å². The molecule has 1 aromatic carbocycles. The fourth-order valence-electron chi connectivity index (χ4n) is 1.43. The lowest BCUT2D eigenvalue weighted by molar-refractivity contribution is -0.116. The highest BCUT2D eigenvalue weighted by Gasteiger charge is 2.32. The van der Waals surface area contributed by atoms with Crippen LogP contribution in [0.3, 0.4) is 0 Å². The van der Waals surface area contributed by atoms with E-state index in [-0.39, 0.29) is 28.0 Å². The Morgan fingerprint density at radius 3 is 2.56 bits per heavy atom. The van der Waals surface area contributed by atoms with E-state index < -0.39 is 16.9 Å². The molecule has 0 aromatic heterocycles. The second kappa shape index (κ2) is 6.08. The fourth-order valence-corrected chi connectivity index (χ4v) is 2.88. The largest absolute Gasteiger partial charge is 0.446 e. The normalized spacial score (nSPS) is 13.4. The van der Waals surface area contributed by atoms with E-state index >= 15 is 0 Å². The molecule has 1 aromatic rings. The van der Waals surface area contributed by atoms with Gasteiger partial charge in [-0.15, -0.1) is 0 Å². The van der Waals surface area contributed by atoms with Crippen molar-refractivity contribution < 1.29 is 23.1 Å². The summed E-state index contributed by atoms with van der Waals surface area (Å²) >= 11 is 2.77. The number of thioether (sulfide) groups is 1. The molecule has 0 heterocycles. The second-order valence-corrected chi connectivity index (χ2v) is 5.53. The van der Waals surface area contributed by atoms with Crippen LogP contribution < -0.4 is 0 Å². The van der Waals surface area contributed by atoms with Gasteiger partial charge in [-0.3, -0.25) is 4.79 Å². The molecule has 1 atom stereocenters. The molecule has 0 aliphatic heterocycles. The summed E-state index contributed by atoms with van der Waals surface area (Å²) in [5.74, 6) is -0.320. The lowest BCUT2D eigenvalue weighted by atomic mass is 10.0. The Morgan fingerprint density at radius 1 is 1.50 bits per heavy atom. The molecule has 0 saturated carbocycles. The summed E-state index contributed by atoms with van der Waals surface area (Å²) in [4.78, 5) is 10.4. The molecule has 1 unspecified atom stereocenters. The number of carbonyl (C=O) groups is 1. The van der Waals surface area contributed by atoms with Gasteiger partial charge in [-0.25, -0.2) is 0 Å². The van der Waals surface area contributed by atoms with Crippen molar-refractivity contribution in [3.05, 3.63) is 29.3 Å². The molecule has 100 valence electrons. The van der Waals surface area contributed by atoms with Gasteiger partial charge in [-0.2, -0.15) is 13.2 Å². The van der Waals surface area contributed by atoms with Crippen molar-refractivity contribution in [2.45, 2.75) is 28.8 Å². The molecule has 1 rings (SSSR count). The Hall–Kier alpha value is -0.530. The van der Waals surface area contributed by atoms with Crippen LogP contribution in [-0.2, 0) is 11.4 Å². The van der Waals surface area contributed by atoms with Crippen molar-refractivity contribution in [2.24, 2.45) is 0 Å². The molecule has 0 aliphatic rings. The van der Waals surface area contributed by atoms with Gasteiger partial charge >= 0.3 is 5.51 Å². The molecule has 0 amide bonds. The Kier molecular flexibility index (Phi) is 5.24. The van der Waals surface area contributed by atoms with E-state index in [1.165, 1.54) is 25.1 Å². The van der Waals surface area contributed by atoms with Crippen molar-refractivity contribution in [2.75, 3.05) is 0 Å². The van der Waals surface area contributed by atoms with Gasteiger partial charge in [0.25, 0.3) is 0 Å². The molecule has 0 aliphatic carbocycles. The third-order valence-electron chi connectivity index (χ3n) is 2.16. The van der Waals surface area contributed by atoms with Crippen LogP contribution in [-0.4, -0.2) is 16.4 Å². The molecule has 0 spiro atoms. The number of hydrogen-bond donors (Lipinski definition) is 1. The van der Waals surface area contributed by atoms with Gasteiger partial charge in [0.1, 0.15) is 5.78 Å². The van der Waals surface area contributed by atoms with E-state index in [9.17, 15) is 18.0 Å². The highest BCUT2D eigenvalue weighted by Crippen LogP contribution is 2.43. The summed E-state index contributed by atoms with van der Waals surface area (Å²) in [6, 6.07) is 4.19. The van der Waals surface area contributed by atoms with Gasteiger partial charge in [-0.1, -0.05) is 28.1 Å². The van der Waals surface area contributed by atoms with Gasteiger partial charge in [0, 0.05) is 4.90 Å². The first-order chi connectivity index (χ1) is 8.26. The number of benzene rings is 1. The molecule has 0 radical (unpaired) electrons. The molecular formula is C11H10BrF3O2S. The van der Waals surface area contributed by atoms with E-state index in [0.29, 0.717) is 5.56 Å². The third-order valence-corrected chi connectivity index (χ3v) is 4.07. The van der Waals surface area contributed by atoms with E-state index in [1.807, 2.05) is 0 Å². The van der Waals surface area contributed by atoms with Crippen molar-refractivity contribution in [1.82, 2.24) is 0 Å². The highest BCUT2D eigenvalue weighted by atomic mass is 79.9. The van der Waals surface area contributed by atoms with E-state index in [2.05, 4.69) is 15.9 Å². The number of hydrogen-bond acceptors (Lipinski definition) is 3. The first-order valence-electron chi connectivity index (χ1n) is 4.89. The smallest absolute Gasteiger partial charge is 0.392 e. The Labute approximate surface area is 115 Å². The summed E-state index contributed by atoms with van der Waals surface area (Å²) in [5, 5.41) is 9.15. The first-order valence-corrected chi connectivity index (χ1v) is 6.62. The summed E-state index contributed by atoms with van der Waals surface area (Å²) in [5.41, 5.74) is -3.96. The predicted molar refractivity (Wildman–Crippen MR) is 66.6 cm³/mol. The summed E-state index contributed by atoms with van der Waals surface area (Å²) in [6.07, 6.45) is 0. The Balaban J connectivity index is 3.29. The zero-order valence-electron chi connectivity index (χ0n) is 9.29. The quantitative estimate of drug-likeness (QED) is 0.667. The summed E-state index contributed by atoms with van der Waals surface area (Å²) in [6.45, 7) is 0.854. The minimum Gasteiger partial charge on any atom is -0.392 e. The molecule has 7 heteroatoms. The number of ketones is 1. The fraction of sp³-hybridized carbons (Fsp3) is 0.364.